The molecule has 7 nitrogen and oxygen atoms in total. The smallest absolute Gasteiger partial charge is 0.324 e. The molecule has 1 saturated heterocycles. The van der Waals surface area contributed by atoms with E-state index in [0.717, 1.165) is 0 Å². The molecule has 17 heavy (non-hydrogen) atoms. The summed E-state index contributed by atoms with van der Waals surface area (Å²) < 4.78 is 28.7. The van der Waals surface area contributed by atoms with Crippen molar-refractivity contribution in [3.8, 4) is 0 Å². The van der Waals surface area contributed by atoms with Crippen LogP contribution in [0.2, 0.25) is 0 Å². The van der Waals surface area contributed by atoms with Crippen molar-refractivity contribution in [1.29, 1.82) is 0 Å². The third-order valence-electron chi connectivity index (χ3n) is 2.88. The van der Waals surface area contributed by atoms with Crippen LogP contribution in [-0.4, -0.2) is 75.7 Å². The SMILES string of the molecule is COC(=O)[C@@H](CN)N1CCN(S(C)(=O)=O)CC1. The average Bonchev–Trinajstić information content (AvgIpc) is 2.29. The zero-order chi connectivity index (χ0) is 13.1. The van der Waals surface area contributed by atoms with Gasteiger partial charge in [0.2, 0.25) is 10.0 Å². The molecule has 0 aromatic rings. The lowest BCUT2D eigenvalue weighted by Crippen LogP contribution is -2.56. The van der Waals surface area contributed by atoms with Crippen LogP contribution in [0.3, 0.4) is 0 Å². The van der Waals surface area contributed by atoms with Gasteiger partial charge in [-0.25, -0.2) is 8.42 Å². The Labute approximate surface area is 102 Å². The van der Waals surface area contributed by atoms with Gasteiger partial charge in [-0.3, -0.25) is 9.69 Å². The van der Waals surface area contributed by atoms with Gasteiger partial charge in [-0.05, 0) is 0 Å². The monoisotopic (exact) mass is 265 g/mol. The van der Waals surface area contributed by atoms with Gasteiger partial charge in [0, 0.05) is 32.7 Å². The lowest BCUT2D eigenvalue weighted by molar-refractivity contribution is -0.147. The van der Waals surface area contributed by atoms with E-state index in [1.54, 1.807) is 0 Å². The van der Waals surface area contributed by atoms with Crippen molar-refractivity contribution >= 4 is 16.0 Å². The number of nitrogens with zero attached hydrogens (tertiary/aromatic N) is 2. The van der Waals surface area contributed by atoms with Crippen LogP contribution in [0.4, 0.5) is 0 Å². The van der Waals surface area contributed by atoms with E-state index in [1.807, 2.05) is 4.90 Å². The summed E-state index contributed by atoms with van der Waals surface area (Å²) in [7, 11) is -1.83. The van der Waals surface area contributed by atoms with E-state index in [2.05, 4.69) is 4.74 Å². The van der Waals surface area contributed by atoms with Crippen molar-refractivity contribution < 1.29 is 17.9 Å². The zero-order valence-corrected chi connectivity index (χ0v) is 10.9. The Morgan fingerprint density at radius 3 is 2.24 bits per heavy atom. The highest BCUT2D eigenvalue weighted by molar-refractivity contribution is 7.88. The number of piperazine rings is 1. The molecule has 100 valence electrons. The number of carbonyl (C=O) groups is 1. The molecule has 1 rings (SSSR count). The van der Waals surface area contributed by atoms with E-state index in [9.17, 15) is 13.2 Å². The molecule has 0 saturated carbocycles. The fourth-order valence-electron chi connectivity index (χ4n) is 1.88. The van der Waals surface area contributed by atoms with Crippen LogP contribution in [0, 0.1) is 0 Å². The second-order valence-electron chi connectivity index (χ2n) is 3.97. The molecule has 0 aromatic heterocycles. The maximum absolute atomic E-state index is 11.4. The first-order chi connectivity index (χ1) is 7.90. The standard InChI is InChI=1S/C9H19N3O4S/c1-16-9(13)8(7-10)11-3-5-12(6-4-11)17(2,14)15/h8H,3-7,10H2,1-2H3/t8-/m1/s1. The predicted octanol–water partition coefficient (Wildman–Crippen LogP) is -1.94. The minimum absolute atomic E-state index is 0.172. The Morgan fingerprint density at radius 2 is 1.88 bits per heavy atom. The van der Waals surface area contributed by atoms with Crippen LogP contribution in [0.5, 0.6) is 0 Å². The molecule has 1 aliphatic rings. The molecule has 1 heterocycles. The summed E-state index contributed by atoms with van der Waals surface area (Å²) in [6.07, 6.45) is 1.18. The van der Waals surface area contributed by atoms with E-state index in [1.165, 1.54) is 17.7 Å². The van der Waals surface area contributed by atoms with Gasteiger partial charge >= 0.3 is 5.97 Å². The Bertz CT molecular complexity index is 362. The summed E-state index contributed by atoms with van der Waals surface area (Å²) >= 11 is 0. The maximum atomic E-state index is 11.4. The van der Waals surface area contributed by atoms with Crippen molar-refractivity contribution in [3.05, 3.63) is 0 Å². The van der Waals surface area contributed by atoms with Gasteiger partial charge in [-0.1, -0.05) is 0 Å². The number of sulfonamides is 1. The van der Waals surface area contributed by atoms with E-state index >= 15 is 0 Å². The van der Waals surface area contributed by atoms with Crippen LogP contribution < -0.4 is 5.73 Å². The molecule has 0 unspecified atom stereocenters. The van der Waals surface area contributed by atoms with Crippen LogP contribution in [0.15, 0.2) is 0 Å². The van der Waals surface area contributed by atoms with Crippen molar-refractivity contribution in [2.75, 3.05) is 46.1 Å². The van der Waals surface area contributed by atoms with E-state index in [4.69, 9.17) is 5.73 Å². The van der Waals surface area contributed by atoms with Crippen molar-refractivity contribution in [2.24, 2.45) is 5.73 Å². The lowest BCUT2D eigenvalue weighted by atomic mass is 10.2. The van der Waals surface area contributed by atoms with Crippen LogP contribution in [0.1, 0.15) is 0 Å². The lowest BCUT2D eigenvalue weighted by Gasteiger charge is -2.36. The summed E-state index contributed by atoms with van der Waals surface area (Å²) in [5.41, 5.74) is 5.53. The number of carbonyl (C=O) groups excluding carboxylic acids is 1. The molecule has 0 bridgehead atoms. The minimum atomic E-state index is -3.15. The van der Waals surface area contributed by atoms with Crippen LogP contribution in [-0.2, 0) is 19.6 Å². The largest absolute Gasteiger partial charge is 0.468 e. The Hall–Kier alpha value is -0.700. The van der Waals surface area contributed by atoms with Crippen molar-refractivity contribution in [2.45, 2.75) is 6.04 Å². The molecule has 1 aliphatic heterocycles. The molecular weight excluding hydrogens is 246 g/mol. The van der Waals surface area contributed by atoms with Gasteiger partial charge in [0.25, 0.3) is 0 Å². The molecule has 1 fully saturated rings. The third-order valence-corrected chi connectivity index (χ3v) is 4.18. The summed E-state index contributed by atoms with van der Waals surface area (Å²) in [5.74, 6) is -0.375. The van der Waals surface area contributed by atoms with E-state index < -0.39 is 16.1 Å². The normalized spacial score (nSPS) is 21.1. The molecule has 8 heteroatoms. The minimum Gasteiger partial charge on any atom is -0.468 e. The summed E-state index contributed by atoms with van der Waals surface area (Å²) in [6, 6.07) is -0.485. The number of methoxy groups -OCH3 is 1. The first-order valence-electron chi connectivity index (χ1n) is 5.37. The van der Waals surface area contributed by atoms with Crippen molar-refractivity contribution in [3.63, 3.8) is 0 Å². The quantitative estimate of drug-likeness (QED) is 0.595. The fourth-order valence-corrected chi connectivity index (χ4v) is 2.70. The average molecular weight is 265 g/mol. The van der Waals surface area contributed by atoms with E-state index in [-0.39, 0.29) is 12.5 Å². The van der Waals surface area contributed by atoms with Gasteiger partial charge in [0.05, 0.1) is 13.4 Å². The second kappa shape index (κ2) is 5.76. The number of hydrogen-bond donors (Lipinski definition) is 1. The van der Waals surface area contributed by atoms with Gasteiger partial charge < -0.3 is 10.5 Å². The molecule has 0 spiro atoms. The summed E-state index contributed by atoms with van der Waals surface area (Å²) in [6.45, 7) is 1.91. The maximum Gasteiger partial charge on any atom is 0.324 e. The first-order valence-corrected chi connectivity index (χ1v) is 7.22. The molecular formula is C9H19N3O4S. The predicted molar refractivity (Wildman–Crippen MR) is 62.8 cm³/mol. The Kier molecular flexibility index (Phi) is 4.87. The summed E-state index contributed by atoms with van der Waals surface area (Å²) in [5, 5.41) is 0. The molecule has 2 N–H and O–H groups in total. The molecule has 0 aromatic carbocycles. The fraction of sp³-hybridized carbons (Fsp3) is 0.889. The van der Waals surface area contributed by atoms with Gasteiger partial charge in [0.1, 0.15) is 6.04 Å². The van der Waals surface area contributed by atoms with Crippen LogP contribution >= 0.6 is 0 Å². The number of esters is 1. The summed E-state index contributed by atoms with van der Waals surface area (Å²) in [4.78, 5) is 13.3. The molecule has 0 amide bonds. The Balaban J connectivity index is 2.59. The number of rotatable bonds is 4. The highest BCUT2D eigenvalue weighted by Gasteiger charge is 2.30. The Morgan fingerprint density at radius 1 is 1.35 bits per heavy atom. The zero-order valence-electron chi connectivity index (χ0n) is 10.1. The highest BCUT2D eigenvalue weighted by atomic mass is 32.2. The third kappa shape index (κ3) is 3.63. The van der Waals surface area contributed by atoms with Crippen molar-refractivity contribution in [1.82, 2.24) is 9.21 Å². The van der Waals surface area contributed by atoms with Gasteiger partial charge in [0.15, 0.2) is 0 Å². The second-order valence-corrected chi connectivity index (χ2v) is 5.96. The molecule has 0 radical (unpaired) electrons. The highest BCUT2D eigenvalue weighted by Crippen LogP contribution is 2.09. The van der Waals surface area contributed by atoms with Gasteiger partial charge in [-0.2, -0.15) is 4.31 Å². The number of nitrogens with two attached hydrogens (primary N) is 1. The first kappa shape index (κ1) is 14.4. The van der Waals surface area contributed by atoms with Gasteiger partial charge in [-0.15, -0.1) is 0 Å². The topological polar surface area (TPSA) is 92.9 Å². The number of hydrogen-bond acceptors (Lipinski definition) is 6. The van der Waals surface area contributed by atoms with Crippen LogP contribution in [0.25, 0.3) is 0 Å². The molecule has 0 aliphatic carbocycles. The van der Waals surface area contributed by atoms with E-state index in [0.29, 0.717) is 26.2 Å². The number of ether oxygens (including phenoxy) is 1. The molecule has 1 atom stereocenters.